The molecule has 0 atom stereocenters. The molecule has 0 heterocycles. The quantitative estimate of drug-likeness (QED) is 0.322. The van der Waals surface area contributed by atoms with E-state index >= 15 is 0 Å². The second-order valence-corrected chi connectivity index (χ2v) is 4.24. The van der Waals surface area contributed by atoms with Crippen LogP contribution in [0.5, 0.6) is 0 Å². The summed E-state index contributed by atoms with van der Waals surface area (Å²) in [6.07, 6.45) is 0. The molecule has 112 valence electrons. The normalized spacial score (nSPS) is 8.65. The van der Waals surface area contributed by atoms with Crippen molar-refractivity contribution in [2.75, 3.05) is 7.11 Å². The molecule has 23 heavy (non-hydrogen) atoms. The summed E-state index contributed by atoms with van der Waals surface area (Å²) in [5, 5.41) is 0. The standard InChI is InChI=1S/C16H11BF2O2.FH.K/c1-21-16(20)14-8-4-12(5-9-14)2-3-13-6-10-15(11-7-13)17(18)19;;/h4-11H,1H3;1H;/q;;+1/p-1. The number of ether oxygens (including phenoxy) is 1. The van der Waals surface area contributed by atoms with Crippen LogP contribution in [0, 0.1) is 11.8 Å². The van der Waals surface area contributed by atoms with Crippen LogP contribution in [0.3, 0.4) is 0 Å². The van der Waals surface area contributed by atoms with Gasteiger partial charge in [0.15, 0.2) is 0 Å². The number of rotatable bonds is 2. The van der Waals surface area contributed by atoms with Gasteiger partial charge in [0, 0.05) is 11.1 Å². The summed E-state index contributed by atoms with van der Waals surface area (Å²) >= 11 is 0. The first kappa shape index (κ1) is 22.0. The second-order valence-electron chi connectivity index (χ2n) is 4.24. The number of halogens is 3. The summed E-state index contributed by atoms with van der Waals surface area (Å²) in [6.45, 7) is 0. The van der Waals surface area contributed by atoms with Crippen molar-refractivity contribution in [3.63, 3.8) is 0 Å². The smallest absolute Gasteiger partial charge is 1.00 e. The minimum absolute atomic E-state index is 0. The van der Waals surface area contributed by atoms with Crippen molar-refractivity contribution >= 4 is 18.7 Å². The average Bonchev–Trinajstić information content (AvgIpc) is 2.53. The van der Waals surface area contributed by atoms with E-state index in [0.29, 0.717) is 11.1 Å². The summed E-state index contributed by atoms with van der Waals surface area (Å²) in [6, 6.07) is 12.5. The molecule has 0 N–H and O–H groups in total. The van der Waals surface area contributed by atoms with E-state index in [4.69, 9.17) is 0 Å². The van der Waals surface area contributed by atoms with Crippen molar-refractivity contribution in [2.45, 2.75) is 0 Å². The van der Waals surface area contributed by atoms with Gasteiger partial charge in [0.1, 0.15) is 0 Å². The number of carbonyl (C=O) groups is 1. The third kappa shape index (κ3) is 6.53. The van der Waals surface area contributed by atoms with E-state index in [1.165, 1.54) is 19.2 Å². The molecule has 2 aromatic rings. The van der Waals surface area contributed by atoms with E-state index in [0.717, 1.165) is 5.56 Å². The van der Waals surface area contributed by atoms with Crippen LogP contribution < -0.4 is 61.6 Å². The van der Waals surface area contributed by atoms with Crippen LogP contribution in [0.1, 0.15) is 21.5 Å². The maximum atomic E-state index is 12.4. The van der Waals surface area contributed by atoms with Gasteiger partial charge >= 0.3 is 64.6 Å². The molecule has 0 aliphatic carbocycles. The summed E-state index contributed by atoms with van der Waals surface area (Å²) in [4.78, 5) is 11.3. The van der Waals surface area contributed by atoms with Gasteiger partial charge in [-0.25, -0.2) is 4.79 Å². The Morgan fingerprint density at radius 1 is 0.957 bits per heavy atom. The fourth-order valence-electron chi connectivity index (χ4n) is 1.66. The third-order valence-electron chi connectivity index (χ3n) is 2.82. The van der Waals surface area contributed by atoms with E-state index in [2.05, 4.69) is 16.6 Å². The van der Waals surface area contributed by atoms with E-state index in [9.17, 15) is 13.4 Å². The molecule has 0 spiro atoms. The van der Waals surface area contributed by atoms with E-state index in [1.54, 1.807) is 36.4 Å². The summed E-state index contributed by atoms with van der Waals surface area (Å²) in [5.41, 5.74) is 1.80. The van der Waals surface area contributed by atoms with Gasteiger partial charge in [-0.1, -0.05) is 24.0 Å². The molecule has 0 amide bonds. The first-order valence-electron chi connectivity index (χ1n) is 6.18. The molecule has 2 nitrogen and oxygen atoms in total. The fourth-order valence-corrected chi connectivity index (χ4v) is 1.66. The third-order valence-corrected chi connectivity index (χ3v) is 2.82. The average molecular weight is 342 g/mol. The topological polar surface area (TPSA) is 26.3 Å². The Hall–Kier alpha value is -1.04. The Kier molecular flexibility index (Phi) is 10.2. The van der Waals surface area contributed by atoms with E-state index < -0.39 is 13.2 Å². The molecule has 0 aliphatic rings. The van der Waals surface area contributed by atoms with Crippen LogP contribution >= 0.6 is 0 Å². The number of benzene rings is 2. The SMILES string of the molecule is COC(=O)c1ccc(C#Cc2ccc(B(F)F)cc2)cc1.[F-].[K+]. The zero-order valence-electron chi connectivity index (χ0n) is 12.6. The molecule has 0 aromatic heterocycles. The van der Waals surface area contributed by atoms with Gasteiger partial charge in [-0.05, 0) is 41.9 Å². The van der Waals surface area contributed by atoms with Gasteiger partial charge in [0.2, 0.25) is 0 Å². The molecule has 0 bridgehead atoms. The molecule has 0 unspecified atom stereocenters. The molecule has 2 aromatic carbocycles. The van der Waals surface area contributed by atoms with Crippen molar-refractivity contribution in [1.82, 2.24) is 0 Å². The molecule has 0 aliphatic heterocycles. The van der Waals surface area contributed by atoms with Gasteiger partial charge < -0.3 is 9.44 Å². The first-order valence-corrected chi connectivity index (χ1v) is 6.18. The van der Waals surface area contributed by atoms with Gasteiger partial charge in [0.25, 0.3) is 0 Å². The van der Waals surface area contributed by atoms with E-state index in [1.807, 2.05) is 0 Å². The van der Waals surface area contributed by atoms with Gasteiger partial charge in [-0.15, -0.1) is 0 Å². The Labute approximate surface area is 175 Å². The Balaban J connectivity index is 0.00000242. The molecular weight excluding hydrogens is 331 g/mol. The van der Waals surface area contributed by atoms with Gasteiger partial charge in [0.05, 0.1) is 12.7 Å². The molecule has 7 heteroatoms. The van der Waals surface area contributed by atoms with Crippen LogP contribution in [0.25, 0.3) is 0 Å². The summed E-state index contributed by atoms with van der Waals surface area (Å²) < 4.78 is 29.4. The van der Waals surface area contributed by atoms with Crippen molar-refractivity contribution < 1.29 is 74.3 Å². The maximum Gasteiger partial charge on any atom is 1.00 e. The predicted molar refractivity (Wildman–Crippen MR) is 77.8 cm³/mol. The van der Waals surface area contributed by atoms with Crippen molar-refractivity contribution in [3.8, 4) is 11.8 Å². The zero-order chi connectivity index (χ0) is 15.2. The minimum Gasteiger partial charge on any atom is -1.00 e. The Bertz CT molecular complexity index is 692. The Morgan fingerprint density at radius 2 is 1.39 bits per heavy atom. The monoisotopic (exact) mass is 342 g/mol. The number of methoxy groups -OCH3 is 1. The van der Waals surface area contributed by atoms with E-state index in [-0.39, 0.29) is 61.6 Å². The first-order chi connectivity index (χ1) is 10.1. The van der Waals surface area contributed by atoms with Crippen molar-refractivity contribution in [2.24, 2.45) is 0 Å². The zero-order valence-corrected chi connectivity index (χ0v) is 15.8. The fraction of sp³-hybridized carbons (Fsp3) is 0.0625. The van der Waals surface area contributed by atoms with Crippen molar-refractivity contribution in [1.29, 1.82) is 0 Å². The largest absolute Gasteiger partial charge is 1.00 e. The van der Waals surface area contributed by atoms with Crippen LogP contribution in [-0.2, 0) is 4.74 Å². The Morgan fingerprint density at radius 3 is 1.78 bits per heavy atom. The molecule has 0 radical (unpaired) electrons. The number of carbonyl (C=O) groups excluding carboxylic acids is 1. The van der Waals surface area contributed by atoms with Crippen LogP contribution in [0.2, 0.25) is 0 Å². The number of hydrogen-bond acceptors (Lipinski definition) is 2. The van der Waals surface area contributed by atoms with Crippen LogP contribution in [-0.4, -0.2) is 20.3 Å². The number of hydrogen-bond donors (Lipinski definition) is 0. The maximum absolute atomic E-state index is 12.4. The summed E-state index contributed by atoms with van der Waals surface area (Å²) in [5.74, 6) is 5.38. The summed E-state index contributed by atoms with van der Waals surface area (Å²) in [7, 11) is -1.16. The van der Waals surface area contributed by atoms with Crippen LogP contribution in [0.15, 0.2) is 48.5 Å². The second kappa shape index (κ2) is 10.7. The van der Waals surface area contributed by atoms with Gasteiger partial charge in [-0.2, -0.15) is 0 Å². The predicted octanol–water partition coefficient (Wildman–Crippen LogP) is -3.48. The minimum atomic E-state index is -2.47. The number of esters is 1. The molecule has 0 saturated heterocycles. The molecule has 0 saturated carbocycles. The molecule has 0 fully saturated rings. The molecule has 2 rings (SSSR count). The van der Waals surface area contributed by atoms with Crippen LogP contribution in [0.4, 0.5) is 8.63 Å². The van der Waals surface area contributed by atoms with Crippen molar-refractivity contribution in [3.05, 3.63) is 65.2 Å². The molecular formula is C16H11BF3KO2. The van der Waals surface area contributed by atoms with Gasteiger partial charge in [-0.3, -0.25) is 8.63 Å².